The van der Waals surface area contributed by atoms with Crippen molar-refractivity contribution in [3.05, 3.63) is 47.3 Å². The van der Waals surface area contributed by atoms with Crippen LogP contribution in [0.2, 0.25) is 0 Å². The molecule has 0 amide bonds. The van der Waals surface area contributed by atoms with E-state index in [1.54, 1.807) is 0 Å². The fourth-order valence-corrected chi connectivity index (χ4v) is 3.42. The van der Waals surface area contributed by atoms with E-state index < -0.39 is 0 Å². The Hall–Kier alpha value is -3.18. The molecular weight excluding hydrogens is 358 g/mol. The van der Waals surface area contributed by atoms with Crippen LogP contribution in [-0.2, 0) is 0 Å². The van der Waals surface area contributed by atoms with Crippen LogP contribution in [0.1, 0.15) is 52.5 Å². The minimum absolute atomic E-state index is 0.00958. The van der Waals surface area contributed by atoms with E-state index in [0.29, 0.717) is 0 Å². The maximum atomic E-state index is 9.43. The minimum atomic E-state index is 0.00958. The molecule has 1 unspecified atom stereocenters. The zero-order chi connectivity index (χ0) is 21.2. The van der Waals surface area contributed by atoms with Crippen molar-refractivity contribution in [2.45, 2.75) is 47.0 Å². The van der Waals surface area contributed by atoms with E-state index >= 15 is 0 Å². The van der Waals surface area contributed by atoms with Crippen molar-refractivity contribution >= 4 is 23.2 Å². The van der Waals surface area contributed by atoms with Crippen LogP contribution in [0.4, 0.5) is 5.69 Å². The molecule has 2 rings (SSSR count). The monoisotopic (exact) mass is 387 g/mol. The number of nitriles is 2. The molecule has 0 fully saturated rings. The zero-order valence-corrected chi connectivity index (χ0v) is 17.8. The van der Waals surface area contributed by atoms with Gasteiger partial charge in [-0.2, -0.15) is 10.5 Å². The Morgan fingerprint density at radius 1 is 0.966 bits per heavy atom. The molecule has 1 aromatic carbocycles. The number of unbranched alkanes of at least 4 members (excludes halogenated alkanes) is 1. The quantitative estimate of drug-likeness (QED) is 0.589. The van der Waals surface area contributed by atoms with Crippen LogP contribution in [0.25, 0.3) is 6.08 Å². The number of benzene rings is 1. The van der Waals surface area contributed by atoms with Gasteiger partial charge in [0.1, 0.15) is 12.1 Å². The van der Waals surface area contributed by atoms with Crippen LogP contribution in [-0.4, -0.2) is 24.5 Å². The number of hydrogen-bond donors (Lipinski definition) is 0. The molecule has 1 aromatic rings. The lowest BCUT2D eigenvalue weighted by Gasteiger charge is -2.20. The van der Waals surface area contributed by atoms with Crippen LogP contribution in [0, 0.1) is 28.6 Å². The first kappa shape index (κ1) is 22.1. The summed E-state index contributed by atoms with van der Waals surface area (Å²) in [5.41, 5.74) is 4.08. The molecule has 1 atom stereocenters. The highest BCUT2D eigenvalue weighted by Crippen LogP contribution is 2.23. The van der Waals surface area contributed by atoms with Gasteiger partial charge in [0.15, 0.2) is 11.4 Å². The minimum Gasteiger partial charge on any atom is -0.372 e. The van der Waals surface area contributed by atoms with Crippen LogP contribution in [0.15, 0.2) is 51.7 Å². The maximum absolute atomic E-state index is 9.43. The third-order valence-electron chi connectivity index (χ3n) is 5.14. The second-order valence-corrected chi connectivity index (χ2v) is 7.00. The lowest BCUT2D eigenvalue weighted by atomic mass is 9.91. The van der Waals surface area contributed by atoms with Crippen LogP contribution >= 0.6 is 0 Å². The molecule has 1 aliphatic rings. The molecule has 0 N–H and O–H groups in total. The van der Waals surface area contributed by atoms with E-state index in [1.807, 2.05) is 31.2 Å². The number of nitrogens with zero attached hydrogens (tertiary/aromatic N) is 5. The molecule has 5 heteroatoms. The van der Waals surface area contributed by atoms with Gasteiger partial charge in [-0.1, -0.05) is 38.0 Å². The van der Waals surface area contributed by atoms with E-state index in [0.717, 1.165) is 49.3 Å². The third-order valence-corrected chi connectivity index (χ3v) is 5.14. The summed E-state index contributed by atoms with van der Waals surface area (Å²) in [4.78, 5) is 11.2. The van der Waals surface area contributed by atoms with Gasteiger partial charge >= 0.3 is 0 Å². The predicted octanol–water partition coefficient (Wildman–Crippen LogP) is 5.53. The molecule has 0 saturated carbocycles. The summed E-state index contributed by atoms with van der Waals surface area (Å²) in [7, 11) is 0. The van der Waals surface area contributed by atoms with E-state index in [-0.39, 0.29) is 17.3 Å². The van der Waals surface area contributed by atoms with Crippen molar-refractivity contribution in [3.63, 3.8) is 0 Å². The average molecular weight is 388 g/mol. The van der Waals surface area contributed by atoms with E-state index in [1.165, 1.54) is 5.69 Å². The van der Waals surface area contributed by atoms with Gasteiger partial charge in [0.25, 0.3) is 0 Å². The molecule has 150 valence electrons. The summed E-state index contributed by atoms with van der Waals surface area (Å²) < 4.78 is 0. The molecule has 0 bridgehead atoms. The van der Waals surface area contributed by atoms with Crippen molar-refractivity contribution in [2.24, 2.45) is 15.9 Å². The number of rotatable bonds is 8. The molecule has 0 radical (unpaired) electrons. The summed E-state index contributed by atoms with van der Waals surface area (Å²) in [6, 6.07) is 12.5. The van der Waals surface area contributed by atoms with Crippen molar-refractivity contribution < 1.29 is 0 Å². The molecule has 0 spiro atoms. The molecule has 0 aromatic heterocycles. The summed E-state index contributed by atoms with van der Waals surface area (Å²) in [6.07, 6.45) is 6.98. The SMILES string of the molecule is CCCCC1C(C)=NC(C#N)=C(C#N)N=C1C=Cc1ccc(N(CC)CC)cc1. The molecule has 5 nitrogen and oxygen atoms in total. The van der Waals surface area contributed by atoms with Crippen molar-refractivity contribution in [3.8, 4) is 12.1 Å². The van der Waals surface area contributed by atoms with Gasteiger partial charge in [0.2, 0.25) is 0 Å². The smallest absolute Gasteiger partial charge is 0.177 e. The maximum Gasteiger partial charge on any atom is 0.177 e. The van der Waals surface area contributed by atoms with Crippen LogP contribution < -0.4 is 4.90 Å². The second kappa shape index (κ2) is 11.0. The summed E-state index contributed by atoms with van der Waals surface area (Å²) in [5, 5.41) is 18.8. The zero-order valence-electron chi connectivity index (χ0n) is 17.8. The Bertz CT molecular complexity index is 900. The van der Waals surface area contributed by atoms with Crippen LogP contribution in [0.5, 0.6) is 0 Å². The summed E-state index contributed by atoms with van der Waals surface area (Å²) in [5.74, 6) is 0.00958. The van der Waals surface area contributed by atoms with Crippen molar-refractivity contribution in [1.29, 1.82) is 10.5 Å². The first-order valence-electron chi connectivity index (χ1n) is 10.3. The number of anilines is 1. The first-order chi connectivity index (χ1) is 14.1. The first-order valence-corrected chi connectivity index (χ1v) is 10.3. The molecule has 1 heterocycles. The Morgan fingerprint density at radius 2 is 1.59 bits per heavy atom. The van der Waals surface area contributed by atoms with Gasteiger partial charge in [0, 0.05) is 30.4 Å². The van der Waals surface area contributed by atoms with Gasteiger partial charge in [-0.15, -0.1) is 0 Å². The predicted molar refractivity (Wildman–Crippen MR) is 121 cm³/mol. The van der Waals surface area contributed by atoms with Gasteiger partial charge < -0.3 is 4.90 Å². The largest absolute Gasteiger partial charge is 0.372 e. The number of aliphatic imine (C=N–C) groups is 2. The van der Waals surface area contributed by atoms with E-state index in [9.17, 15) is 10.5 Å². The van der Waals surface area contributed by atoms with Crippen LogP contribution in [0.3, 0.4) is 0 Å². The van der Waals surface area contributed by atoms with E-state index in [2.05, 4.69) is 59.9 Å². The topological polar surface area (TPSA) is 75.5 Å². The third kappa shape index (κ3) is 5.65. The highest BCUT2D eigenvalue weighted by Gasteiger charge is 2.22. The highest BCUT2D eigenvalue weighted by molar-refractivity contribution is 6.14. The Balaban J connectivity index is 2.37. The number of hydrogen-bond acceptors (Lipinski definition) is 5. The average Bonchev–Trinajstić information content (AvgIpc) is 2.88. The molecular formula is C24H29N5. The molecule has 0 aliphatic carbocycles. The Morgan fingerprint density at radius 3 is 2.14 bits per heavy atom. The van der Waals surface area contributed by atoms with Crippen molar-refractivity contribution in [1.82, 2.24) is 0 Å². The van der Waals surface area contributed by atoms with Crippen molar-refractivity contribution in [2.75, 3.05) is 18.0 Å². The fourth-order valence-electron chi connectivity index (χ4n) is 3.42. The molecule has 29 heavy (non-hydrogen) atoms. The lowest BCUT2D eigenvalue weighted by molar-refractivity contribution is 0.685. The normalized spacial score (nSPS) is 16.7. The standard InChI is InChI=1S/C24H29N5/c1-5-8-9-21-18(4)27-23(16-25)24(17-26)28-22(21)15-12-19-10-13-20(14-11-19)29(6-2)7-3/h10-15,21H,5-9H2,1-4H3. The Kier molecular flexibility index (Phi) is 8.37. The van der Waals surface area contributed by atoms with Gasteiger partial charge in [0.05, 0.1) is 5.71 Å². The highest BCUT2D eigenvalue weighted by atomic mass is 15.1. The Labute approximate surface area is 174 Å². The molecule has 1 aliphatic heterocycles. The molecule has 0 saturated heterocycles. The van der Waals surface area contributed by atoms with Gasteiger partial charge in [-0.25, -0.2) is 9.98 Å². The second-order valence-electron chi connectivity index (χ2n) is 7.00. The fraction of sp³-hybridized carbons (Fsp3) is 0.417. The lowest BCUT2D eigenvalue weighted by Crippen LogP contribution is -2.21. The summed E-state index contributed by atoms with van der Waals surface area (Å²) in [6.45, 7) is 10.3. The van der Waals surface area contributed by atoms with E-state index in [4.69, 9.17) is 0 Å². The van der Waals surface area contributed by atoms with Gasteiger partial charge in [-0.05, 0) is 51.0 Å². The summed E-state index contributed by atoms with van der Waals surface area (Å²) >= 11 is 0. The van der Waals surface area contributed by atoms with Gasteiger partial charge in [-0.3, -0.25) is 0 Å². The number of allylic oxidation sites excluding steroid dienone is 3.